The van der Waals surface area contributed by atoms with Gasteiger partial charge in [0.15, 0.2) is 0 Å². The molecule has 0 aliphatic heterocycles. The predicted molar refractivity (Wildman–Crippen MR) is 93.1 cm³/mol. The molecule has 3 heteroatoms. The van der Waals surface area contributed by atoms with E-state index < -0.39 is 10.8 Å². The molecule has 5 atom stereocenters. The zero-order chi connectivity index (χ0) is 15.1. The quantitative estimate of drug-likeness (QED) is 0.815. The van der Waals surface area contributed by atoms with Crippen molar-refractivity contribution in [2.75, 3.05) is 6.54 Å². The Labute approximate surface area is 134 Å². The minimum Gasteiger partial charge on any atom is -0.313 e. The monoisotopic (exact) mass is 313 g/mol. The van der Waals surface area contributed by atoms with Crippen LogP contribution in [0.3, 0.4) is 0 Å². The van der Waals surface area contributed by atoms with Crippen LogP contribution in [0.1, 0.15) is 84.5 Å². The van der Waals surface area contributed by atoms with Gasteiger partial charge in [-0.1, -0.05) is 52.4 Å². The molecule has 0 radical (unpaired) electrons. The smallest absolute Gasteiger partial charge is 0.0504 e. The second kappa shape index (κ2) is 9.29. The van der Waals surface area contributed by atoms with E-state index in [0.29, 0.717) is 16.5 Å². The summed E-state index contributed by atoms with van der Waals surface area (Å²) in [5.41, 5.74) is 0. The predicted octanol–water partition coefficient (Wildman–Crippen LogP) is 4.40. The van der Waals surface area contributed by atoms with E-state index in [-0.39, 0.29) is 0 Å². The standard InChI is InChI=1S/C18H35NOS/c1-3-13-19-17-11-6-4-5-7-12-18(17)21(20)16-10-8-9-15(2)14-16/h15-19H,3-14H2,1-2H3. The van der Waals surface area contributed by atoms with Crippen LogP contribution in [-0.2, 0) is 10.8 Å². The Morgan fingerprint density at radius 1 is 1.00 bits per heavy atom. The van der Waals surface area contributed by atoms with Gasteiger partial charge < -0.3 is 5.32 Å². The van der Waals surface area contributed by atoms with Crippen molar-refractivity contribution in [2.24, 2.45) is 5.92 Å². The molecule has 2 rings (SSSR count). The Morgan fingerprint density at radius 3 is 2.48 bits per heavy atom. The molecule has 0 bridgehead atoms. The normalized spacial score (nSPS) is 36.7. The lowest BCUT2D eigenvalue weighted by Gasteiger charge is -2.34. The molecule has 21 heavy (non-hydrogen) atoms. The maximum atomic E-state index is 13.2. The summed E-state index contributed by atoms with van der Waals surface area (Å²) in [7, 11) is -0.628. The third-order valence-corrected chi connectivity index (χ3v) is 7.62. The highest BCUT2D eigenvalue weighted by molar-refractivity contribution is 7.86. The highest BCUT2D eigenvalue weighted by atomic mass is 32.2. The molecule has 0 spiro atoms. The molecule has 0 aromatic rings. The van der Waals surface area contributed by atoms with Crippen molar-refractivity contribution in [3.05, 3.63) is 0 Å². The van der Waals surface area contributed by atoms with Crippen LogP contribution < -0.4 is 5.32 Å². The third kappa shape index (κ3) is 5.35. The summed E-state index contributed by atoms with van der Waals surface area (Å²) in [6.45, 7) is 5.65. The molecular formula is C18H35NOS. The summed E-state index contributed by atoms with van der Waals surface area (Å²) in [4.78, 5) is 0. The Balaban J connectivity index is 2.00. The number of nitrogens with one attached hydrogen (secondary N) is 1. The van der Waals surface area contributed by atoms with Crippen LogP contribution >= 0.6 is 0 Å². The summed E-state index contributed by atoms with van der Waals surface area (Å²) in [5.74, 6) is 0.781. The summed E-state index contributed by atoms with van der Waals surface area (Å²) < 4.78 is 13.2. The van der Waals surface area contributed by atoms with Crippen LogP contribution in [0.5, 0.6) is 0 Å². The first-order valence-corrected chi connectivity index (χ1v) is 10.6. The Kier molecular flexibility index (Phi) is 7.73. The van der Waals surface area contributed by atoms with E-state index in [1.807, 2.05) is 0 Å². The lowest BCUT2D eigenvalue weighted by atomic mass is 9.90. The first-order chi connectivity index (χ1) is 10.2. The van der Waals surface area contributed by atoms with Crippen molar-refractivity contribution < 1.29 is 4.21 Å². The summed E-state index contributed by atoms with van der Waals surface area (Å²) in [6.07, 6.45) is 13.9. The van der Waals surface area contributed by atoms with Gasteiger partial charge in [-0.2, -0.15) is 0 Å². The van der Waals surface area contributed by atoms with Crippen LogP contribution in [0, 0.1) is 5.92 Å². The lowest BCUT2D eigenvalue weighted by molar-refractivity contribution is 0.372. The molecule has 0 saturated heterocycles. The lowest BCUT2D eigenvalue weighted by Crippen LogP contribution is -2.46. The van der Waals surface area contributed by atoms with Crippen LogP contribution in [0.15, 0.2) is 0 Å². The molecule has 1 N–H and O–H groups in total. The number of hydrogen-bond acceptors (Lipinski definition) is 2. The van der Waals surface area contributed by atoms with E-state index in [1.54, 1.807) is 0 Å². The van der Waals surface area contributed by atoms with E-state index in [4.69, 9.17) is 0 Å². The largest absolute Gasteiger partial charge is 0.313 e. The van der Waals surface area contributed by atoms with Gasteiger partial charge in [0, 0.05) is 22.1 Å². The number of rotatable bonds is 5. The molecule has 2 saturated carbocycles. The molecule has 2 fully saturated rings. The SMILES string of the molecule is CCCNC1CCCCCCC1S(=O)C1CCCC(C)C1. The second-order valence-electron chi connectivity index (χ2n) is 7.31. The van der Waals surface area contributed by atoms with Gasteiger partial charge in [-0.05, 0) is 44.6 Å². The van der Waals surface area contributed by atoms with Crippen LogP contribution in [0.4, 0.5) is 0 Å². The van der Waals surface area contributed by atoms with E-state index in [2.05, 4.69) is 19.2 Å². The molecule has 0 aromatic heterocycles. The van der Waals surface area contributed by atoms with Gasteiger partial charge in [0.1, 0.15) is 0 Å². The average molecular weight is 314 g/mol. The molecule has 0 heterocycles. The average Bonchev–Trinajstić information content (AvgIpc) is 2.46. The third-order valence-electron chi connectivity index (χ3n) is 5.37. The van der Waals surface area contributed by atoms with Gasteiger partial charge in [-0.25, -0.2) is 0 Å². The van der Waals surface area contributed by atoms with Gasteiger partial charge in [-0.15, -0.1) is 0 Å². The van der Waals surface area contributed by atoms with Gasteiger partial charge in [0.05, 0.1) is 5.25 Å². The Bertz CT molecular complexity index is 318. The van der Waals surface area contributed by atoms with Crippen molar-refractivity contribution in [2.45, 2.75) is 101 Å². The van der Waals surface area contributed by atoms with Crippen LogP contribution in [-0.4, -0.2) is 27.3 Å². The molecule has 0 amide bonds. The minimum atomic E-state index is -0.628. The van der Waals surface area contributed by atoms with Gasteiger partial charge >= 0.3 is 0 Å². The fraction of sp³-hybridized carbons (Fsp3) is 1.00. The first-order valence-electron chi connectivity index (χ1n) is 9.35. The first kappa shape index (κ1) is 17.5. The minimum absolute atomic E-state index is 0.409. The van der Waals surface area contributed by atoms with Gasteiger partial charge in [0.2, 0.25) is 0 Å². The fourth-order valence-corrected chi connectivity index (χ4v) is 6.50. The molecule has 5 unspecified atom stereocenters. The van der Waals surface area contributed by atoms with Crippen molar-refractivity contribution in [3.8, 4) is 0 Å². The van der Waals surface area contributed by atoms with Crippen LogP contribution in [0.2, 0.25) is 0 Å². The molecule has 0 aromatic carbocycles. The highest BCUT2D eigenvalue weighted by Gasteiger charge is 2.33. The van der Waals surface area contributed by atoms with E-state index in [0.717, 1.165) is 12.5 Å². The van der Waals surface area contributed by atoms with Crippen molar-refractivity contribution in [1.82, 2.24) is 5.32 Å². The molecule has 2 nitrogen and oxygen atoms in total. The van der Waals surface area contributed by atoms with E-state index >= 15 is 0 Å². The fourth-order valence-electron chi connectivity index (χ4n) is 4.13. The molecule has 2 aliphatic carbocycles. The number of hydrogen-bond donors (Lipinski definition) is 1. The maximum Gasteiger partial charge on any atom is 0.0504 e. The zero-order valence-electron chi connectivity index (χ0n) is 14.1. The van der Waals surface area contributed by atoms with Crippen molar-refractivity contribution in [3.63, 3.8) is 0 Å². The Hall–Kier alpha value is 0.110. The molecule has 2 aliphatic rings. The zero-order valence-corrected chi connectivity index (χ0v) is 14.9. The molecular weight excluding hydrogens is 278 g/mol. The van der Waals surface area contributed by atoms with E-state index in [1.165, 1.54) is 70.6 Å². The second-order valence-corrected chi connectivity index (χ2v) is 9.24. The highest BCUT2D eigenvalue weighted by Crippen LogP contribution is 2.31. The van der Waals surface area contributed by atoms with Gasteiger partial charge in [-0.3, -0.25) is 4.21 Å². The van der Waals surface area contributed by atoms with Gasteiger partial charge in [0.25, 0.3) is 0 Å². The van der Waals surface area contributed by atoms with E-state index in [9.17, 15) is 4.21 Å². The summed E-state index contributed by atoms with van der Waals surface area (Å²) >= 11 is 0. The maximum absolute atomic E-state index is 13.2. The van der Waals surface area contributed by atoms with Crippen molar-refractivity contribution >= 4 is 10.8 Å². The van der Waals surface area contributed by atoms with Crippen LogP contribution in [0.25, 0.3) is 0 Å². The summed E-state index contributed by atoms with van der Waals surface area (Å²) in [6, 6.07) is 0.503. The van der Waals surface area contributed by atoms with Crippen molar-refractivity contribution in [1.29, 1.82) is 0 Å². The topological polar surface area (TPSA) is 29.1 Å². The summed E-state index contributed by atoms with van der Waals surface area (Å²) in [5, 5.41) is 4.61. The molecule has 124 valence electrons. The Morgan fingerprint density at radius 2 is 1.76 bits per heavy atom.